The topological polar surface area (TPSA) is 82.5 Å². The minimum atomic E-state index is -3.52. The molecule has 6 nitrogen and oxygen atoms in total. The zero-order valence-electron chi connectivity index (χ0n) is 10.9. The fourth-order valence-electron chi connectivity index (χ4n) is 2.16. The van der Waals surface area contributed by atoms with Crippen LogP contribution in [0.25, 0.3) is 0 Å². The van der Waals surface area contributed by atoms with Crippen LogP contribution in [0, 0.1) is 12.8 Å². The van der Waals surface area contributed by atoms with Crippen LogP contribution < -0.4 is 4.72 Å². The Morgan fingerprint density at radius 1 is 1.42 bits per heavy atom. The van der Waals surface area contributed by atoms with Crippen molar-refractivity contribution in [3.05, 3.63) is 24.0 Å². The van der Waals surface area contributed by atoms with E-state index in [1.807, 2.05) is 6.92 Å². The monoisotopic (exact) mass is 285 g/mol. The Kier molecular flexibility index (Phi) is 4.38. The maximum atomic E-state index is 12.2. The third-order valence-electron chi connectivity index (χ3n) is 3.29. The van der Waals surface area contributed by atoms with E-state index in [2.05, 4.69) is 9.71 Å². The minimum Gasteiger partial charge on any atom is -0.396 e. The van der Waals surface area contributed by atoms with Gasteiger partial charge in [0.15, 0.2) is 0 Å². The summed E-state index contributed by atoms with van der Waals surface area (Å²) in [5.41, 5.74) is 1.38. The van der Waals surface area contributed by atoms with E-state index in [1.54, 1.807) is 12.3 Å². The Hall–Kier alpha value is -1.18. The molecule has 0 atom stereocenters. The number of nitrogens with zero attached hydrogens (tertiary/aromatic N) is 2. The second kappa shape index (κ2) is 5.85. The second-order valence-electron chi connectivity index (χ2n) is 4.88. The average molecular weight is 285 g/mol. The molecule has 2 heterocycles. The number of aromatic nitrogens is 1. The Bertz CT molecular complexity index is 525. The molecule has 0 unspecified atom stereocenters. The molecular weight excluding hydrogens is 266 g/mol. The molecule has 1 aliphatic rings. The molecule has 7 heteroatoms. The average Bonchev–Trinajstić information content (AvgIpc) is 2.38. The summed E-state index contributed by atoms with van der Waals surface area (Å²) in [5.74, 6) is 0.215. The lowest BCUT2D eigenvalue weighted by Gasteiger charge is -2.30. The van der Waals surface area contributed by atoms with Gasteiger partial charge in [0.1, 0.15) is 0 Å². The number of hydrogen-bond donors (Lipinski definition) is 2. The highest BCUT2D eigenvalue weighted by Crippen LogP contribution is 2.20. The lowest BCUT2D eigenvalue weighted by Crippen LogP contribution is -2.42. The molecule has 2 N–H and O–H groups in total. The molecule has 0 aliphatic carbocycles. The van der Waals surface area contributed by atoms with Crippen LogP contribution in [0.5, 0.6) is 0 Å². The Morgan fingerprint density at radius 3 is 2.68 bits per heavy atom. The standard InChI is InChI=1S/C12H19N3O3S/c1-10-6-12(8-13-7-10)14-19(17,18)15-4-2-11(9-16)3-5-15/h6-8,11,14,16H,2-5,9H2,1H3. The highest BCUT2D eigenvalue weighted by atomic mass is 32.2. The summed E-state index contributed by atoms with van der Waals surface area (Å²) in [4.78, 5) is 3.96. The van der Waals surface area contributed by atoms with E-state index < -0.39 is 10.2 Å². The van der Waals surface area contributed by atoms with Crippen LogP contribution in [0.3, 0.4) is 0 Å². The van der Waals surface area contributed by atoms with Gasteiger partial charge in [-0.3, -0.25) is 9.71 Å². The van der Waals surface area contributed by atoms with E-state index in [0.29, 0.717) is 31.6 Å². The summed E-state index contributed by atoms with van der Waals surface area (Å²) >= 11 is 0. The number of hydrogen-bond acceptors (Lipinski definition) is 4. The number of aliphatic hydroxyl groups is 1. The van der Waals surface area contributed by atoms with Gasteiger partial charge in [0.2, 0.25) is 0 Å². The van der Waals surface area contributed by atoms with Crippen LogP contribution in [0.1, 0.15) is 18.4 Å². The molecule has 1 aliphatic heterocycles. The zero-order valence-corrected chi connectivity index (χ0v) is 11.7. The van der Waals surface area contributed by atoms with Crippen LogP contribution in [-0.4, -0.2) is 42.5 Å². The third-order valence-corrected chi connectivity index (χ3v) is 4.83. The molecule has 0 spiro atoms. The van der Waals surface area contributed by atoms with E-state index in [1.165, 1.54) is 10.5 Å². The summed E-state index contributed by atoms with van der Waals surface area (Å²) in [6, 6.07) is 1.74. The zero-order chi connectivity index (χ0) is 13.9. The number of nitrogens with one attached hydrogen (secondary N) is 1. The van der Waals surface area contributed by atoms with Crippen molar-refractivity contribution in [3.63, 3.8) is 0 Å². The van der Waals surface area contributed by atoms with Gasteiger partial charge < -0.3 is 5.11 Å². The molecule has 1 saturated heterocycles. The first-order chi connectivity index (χ1) is 9.01. The van der Waals surface area contributed by atoms with Crippen molar-refractivity contribution in [2.24, 2.45) is 5.92 Å². The van der Waals surface area contributed by atoms with Crippen molar-refractivity contribution in [2.45, 2.75) is 19.8 Å². The summed E-state index contributed by atoms with van der Waals surface area (Å²) in [6.07, 6.45) is 4.56. The SMILES string of the molecule is Cc1cncc(NS(=O)(=O)N2CCC(CO)CC2)c1. The number of piperidine rings is 1. The van der Waals surface area contributed by atoms with E-state index in [9.17, 15) is 8.42 Å². The largest absolute Gasteiger partial charge is 0.396 e. The van der Waals surface area contributed by atoms with Gasteiger partial charge in [-0.1, -0.05) is 0 Å². The van der Waals surface area contributed by atoms with Gasteiger partial charge in [0.25, 0.3) is 0 Å². The van der Waals surface area contributed by atoms with Gasteiger partial charge >= 0.3 is 10.2 Å². The molecule has 1 aromatic rings. The molecule has 2 rings (SSSR count). The van der Waals surface area contributed by atoms with Crippen LogP contribution >= 0.6 is 0 Å². The normalized spacial score (nSPS) is 18.4. The van der Waals surface area contributed by atoms with Gasteiger partial charge in [-0.05, 0) is 37.3 Å². The lowest BCUT2D eigenvalue weighted by molar-refractivity contribution is 0.170. The molecule has 19 heavy (non-hydrogen) atoms. The first kappa shape index (κ1) is 14.2. The lowest BCUT2D eigenvalue weighted by atomic mass is 10.00. The predicted molar refractivity (Wildman–Crippen MR) is 72.9 cm³/mol. The molecule has 0 radical (unpaired) electrons. The second-order valence-corrected chi connectivity index (χ2v) is 6.55. The molecule has 0 aromatic carbocycles. The van der Waals surface area contributed by atoms with Crippen molar-refractivity contribution in [2.75, 3.05) is 24.4 Å². The van der Waals surface area contributed by atoms with Gasteiger partial charge in [-0.2, -0.15) is 12.7 Å². The summed E-state index contributed by atoms with van der Waals surface area (Å²) in [7, 11) is -3.52. The predicted octanol–water partition coefficient (Wildman–Crippen LogP) is 0.751. The third kappa shape index (κ3) is 3.65. The van der Waals surface area contributed by atoms with Crippen molar-refractivity contribution < 1.29 is 13.5 Å². The molecule has 1 aromatic heterocycles. The highest BCUT2D eigenvalue weighted by molar-refractivity contribution is 7.90. The van der Waals surface area contributed by atoms with E-state index in [-0.39, 0.29) is 12.5 Å². The van der Waals surface area contributed by atoms with Crippen molar-refractivity contribution in [3.8, 4) is 0 Å². The maximum Gasteiger partial charge on any atom is 0.301 e. The number of aryl methyl sites for hydroxylation is 1. The van der Waals surface area contributed by atoms with Crippen LogP contribution in [0.2, 0.25) is 0 Å². The smallest absolute Gasteiger partial charge is 0.301 e. The van der Waals surface area contributed by atoms with E-state index >= 15 is 0 Å². The molecule has 106 valence electrons. The minimum absolute atomic E-state index is 0.128. The Balaban J connectivity index is 2.03. The van der Waals surface area contributed by atoms with Gasteiger partial charge in [0, 0.05) is 25.9 Å². The van der Waals surface area contributed by atoms with Crippen molar-refractivity contribution in [1.82, 2.24) is 9.29 Å². The molecule has 0 saturated carbocycles. The van der Waals surface area contributed by atoms with E-state index in [0.717, 1.165) is 5.56 Å². The fraction of sp³-hybridized carbons (Fsp3) is 0.583. The number of anilines is 1. The van der Waals surface area contributed by atoms with Crippen molar-refractivity contribution in [1.29, 1.82) is 0 Å². The molecular formula is C12H19N3O3S. The number of aliphatic hydroxyl groups excluding tert-OH is 1. The number of pyridine rings is 1. The molecule has 0 amide bonds. The summed E-state index contributed by atoms with van der Waals surface area (Å²) < 4.78 is 28.3. The molecule has 1 fully saturated rings. The van der Waals surface area contributed by atoms with Crippen LogP contribution in [0.4, 0.5) is 5.69 Å². The van der Waals surface area contributed by atoms with Gasteiger partial charge in [-0.15, -0.1) is 0 Å². The quantitative estimate of drug-likeness (QED) is 0.855. The Morgan fingerprint density at radius 2 is 2.11 bits per heavy atom. The molecule has 0 bridgehead atoms. The Labute approximate surface area is 113 Å². The van der Waals surface area contributed by atoms with Crippen molar-refractivity contribution >= 4 is 15.9 Å². The van der Waals surface area contributed by atoms with Gasteiger partial charge in [-0.25, -0.2) is 0 Å². The highest BCUT2D eigenvalue weighted by Gasteiger charge is 2.27. The summed E-state index contributed by atoms with van der Waals surface area (Å²) in [6.45, 7) is 2.88. The van der Waals surface area contributed by atoms with E-state index in [4.69, 9.17) is 5.11 Å². The summed E-state index contributed by atoms with van der Waals surface area (Å²) in [5, 5.41) is 9.05. The first-order valence-electron chi connectivity index (χ1n) is 6.31. The van der Waals surface area contributed by atoms with Crippen LogP contribution in [-0.2, 0) is 10.2 Å². The van der Waals surface area contributed by atoms with Gasteiger partial charge in [0.05, 0.1) is 11.9 Å². The maximum absolute atomic E-state index is 12.2. The fourth-order valence-corrected chi connectivity index (χ4v) is 3.39. The first-order valence-corrected chi connectivity index (χ1v) is 7.75. The van der Waals surface area contributed by atoms with Crippen LogP contribution in [0.15, 0.2) is 18.5 Å². The number of rotatable bonds is 4.